The van der Waals surface area contributed by atoms with E-state index in [2.05, 4.69) is 5.32 Å². The summed E-state index contributed by atoms with van der Waals surface area (Å²) in [6.07, 6.45) is 0. The van der Waals surface area contributed by atoms with Gasteiger partial charge in [0.2, 0.25) is 15.9 Å². The molecule has 0 bridgehead atoms. The van der Waals surface area contributed by atoms with Gasteiger partial charge in [-0.15, -0.1) is 0 Å². The van der Waals surface area contributed by atoms with Crippen LogP contribution in [0.15, 0.2) is 77.7 Å². The predicted octanol–water partition coefficient (Wildman–Crippen LogP) is 2.97. The van der Waals surface area contributed by atoms with Crippen molar-refractivity contribution in [3.8, 4) is 11.5 Å². The number of hydrogen-bond donors (Lipinski definition) is 2. The molecule has 194 valence electrons. The fourth-order valence-electron chi connectivity index (χ4n) is 3.36. The molecule has 37 heavy (non-hydrogen) atoms. The number of carboxylic acids is 1. The van der Waals surface area contributed by atoms with Gasteiger partial charge in [-0.25, -0.2) is 13.2 Å². The number of amides is 1. The third-order valence-corrected chi connectivity index (χ3v) is 7.03. The highest BCUT2D eigenvalue weighted by Gasteiger charge is 2.29. The van der Waals surface area contributed by atoms with E-state index in [-0.39, 0.29) is 16.0 Å². The Bertz CT molecular complexity index is 1370. The number of ether oxygens (including phenoxy) is 2. The van der Waals surface area contributed by atoms with E-state index in [4.69, 9.17) is 14.6 Å². The van der Waals surface area contributed by atoms with Crippen molar-refractivity contribution in [3.05, 3.63) is 89.5 Å². The molecule has 0 spiro atoms. The van der Waals surface area contributed by atoms with Crippen molar-refractivity contribution in [2.45, 2.75) is 18.4 Å². The quantitative estimate of drug-likeness (QED) is 0.364. The summed E-state index contributed by atoms with van der Waals surface area (Å²) in [5.74, 6) is -1.95. The Morgan fingerprint density at radius 3 is 2.24 bits per heavy atom. The molecule has 0 saturated heterocycles. The number of carboxylic acid groups (broad SMARTS) is 1. The average Bonchev–Trinajstić information content (AvgIpc) is 2.87. The van der Waals surface area contributed by atoms with E-state index in [0.29, 0.717) is 11.5 Å². The van der Waals surface area contributed by atoms with E-state index in [0.717, 1.165) is 9.87 Å². The van der Waals surface area contributed by atoms with Gasteiger partial charge in [0.15, 0.2) is 0 Å². The van der Waals surface area contributed by atoms with Crippen molar-refractivity contribution in [1.82, 2.24) is 9.62 Å². The zero-order valence-electron chi connectivity index (χ0n) is 20.2. The first-order valence-electron chi connectivity index (χ1n) is 11.1. The maximum atomic E-state index is 13.5. The molecule has 3 aromatic rings. The minimum absolute atomic E-state index is 0.0690. The van der Waals surface area contributed by atoms with Gasteiger partial charge in [-0.1, -0.05) is 35.9 Å². The van der Waals surface area contributed by atoms with Gasteiger partial charge in [0, 0.05) is 6.54 Å². The summed E-state index contributed by atoms with van der Waals surface area (Å²) >= 11 is 0. The minimum atomic E-state index is -4.24. The molecular formula is C26H26N2O8S. The number of methoxy groups -OCH3 is 1. The van der Waals surface area contributed by atoms with E-state index in [9.17, 15) is 22.8 Å². The molecule has 0 unspecified atom stereocenters. The lowest BCUT2D eigenvalue weighted by atomic mass is 10.1. The second-order valence-electron chi connectivity index (χ2n) is 7.98. The second-order valence-corrected chi connectivity index (χ2v) is 9.92. The van der Waals surface area contributed by atoms with Gasteiger partial charge in [-0.05, 0) is 55.0 Å². The molecule has 2 N–H and O–H groups in total. The maximum Gasteiger partial charge on any atom is 0.338 e. The van der Waals surface area contributed by atoms with E-state index in [1.54, 1.807) is 49.4 Å². The van der Waals surface area contributed by atoms with Gasteiger partial charge in [-0.2, -0.15) is 4.31 Å². The Morgan fingerprint density at radius 1 is 0.946 bits per heavy atom. The first-order chi connectivity index (χ1) is 17.6. The molecule has 3 aromatic carbocycles. The molecule has 1 amide bonds. The monoisotopic (exact) mass is 526 g/mol. The number of nitrogens with zero attached hydrogens (tertiary/aromatic N) is 1. The molecule has 3 rings (SSSR count). The van der Waals surface area contributed by atoms with Crippen LogP contribution in [0.5, 0.6) is 11.5 Å². The van der Waals surface area contributed by atoms with Crippen LogP contribution in [0.25, 0.3) is 0 Å². The molecule has 0 radical (unpaired) electrons. The number of para-hydroxylation sites is 1. The van der Waals surface area contributed by atoms with Crippen LogP contribution in [-0.4, -0.2) is 55.9 Å². The number of rotatable bonds is 11. The number of aryl methyl sites for hydroxylation is 1. The molecule has 0 atom stereocenters. The predicted molar refractivity (Wildman–Crippen MR) is 134 cm³/mol. The smallest absolute Gasteiger partial charge is 0.338 e. The summed E-state index contributed by atoms with van der Waals surface area (Å²) in [4.78, 5) is 35.7. The van der Waals surface area contributed by atoms with Gasteiger partial charge >= 0.3 is 11.9 Å². The summed E-state index contributed by atoms with van der Waals surface area (Å²) in [6.45, 7) is 0.0421. The van der Waals surface area contributed by atoms with Gasteiger partial charge in [-0.3, -0.25) is 9.59 Å². The molecule has 0 fully saturated rings. The summed E-state index contributed by atoms with van der Waals surface area (Å²) < 4.78 is 38.6. The number of hydrogen-bond acceptors (Lipinski definition) is 7. The zero-order valence-corrected chi connectivity index (χ0v) is 21.0. The van der Waals surface area contributed by atoms with Crippen LogP contribution in [0.1, 0.15) is 21.5 Å². The van der Waals surface area contributed by atoms with Crippen molar-refractivity contribution >= 4 is 27.9 Å². The van der Waals surface area contributed by atoms with Gasteiger partial charge < -0.3 is 19.9 Å². The fraction of sp³-hybridized carbons (Fsp3) is 0.192. The van der Waals surface area contributed by atoms with Crippen LogP contribution in [0, 0.1) is 6.92 Å². The number of aliphatic carboxylic acids is 1. The minimum Gasteiger partial charge on any atom is -0.480 e. The molecule has 0 saturated carbocycles. The number of sulfonamides is 1. The third kappa shape index (κ3) is 7.38. The molecule has 0 heterocycles. The Morgan fingerprint density at radius 2 is 1.62 bits per heavy atom. The van der Waals surface area contributed by atoms with Crippen LogP contribution < -0.4 is 10.1 Å². The molecule has 11 heteroatoms. The first kappa shape index (κ1) is 27.4. The third-order valence-electron chi connectivity index (χ3n) is 5.22. The van der Waals surface area contributed by atoms with Gasteiger partial charge in [0.25, 0.3) is 0 Å². The number of nitrogens with one attached hydrogen (secondary N) is 1. The molecule has 0 aliphatic carbocycles. The zero-order chi connectivity index (χ0) is 27.0. The summed E-state index contributed by atoms with van der Waals surface area (Å²) in [6, 6.07) is 19.4. The molecule has 0 aliphatic rings. The Kier molecular flexibility index (Phi) is 8.99. The van der Waals surface area contributed by atoms with Gasteiger partial charge in [0.1, 0.15) is 18.0 Å². The Labute approximate surface area is 214 Å². The molecule has 0 aromatic heterocycles. The van der Waals surface area contributed by atoms with Crippen molar-refractivity contribution in [1.29, 1.82) is 0 Å². The fourth-order valence-corrected chi connectivity index (χ4v) is 4.74. The highest BCUT2D eigenvalue weighted by Crippen LogP contribution is 2.27. The summed E-state index contributed by atoms with van der Waals surface area (Å²) in [7, 11) is -3.04. The Balaban J connectivity index is 2.02. The van der Waals surface area contributed by atoms with E-state index in [1.165, 1.54) is 31.4 Å². The highest BCUT2D eigenvalue weighted by molar-refractivity contribution is 7.89. The Hall–Kier alpha value is -4.22. The van der Waals surface area contributed by atoms with Crippen LogP contribution in [-0.2, 0) is 30.9 Å². The lowest BCUT2D eigenvalue weighted by Crippen LogP contribution is -2.42. The van der Waals surface area contributed by atoms with Crippen molar-refractivity contribution < 1.29 is 37.4 Å². The molecule has 0 aliphatic heterocycles. The SMILES string of the molecule is COC(=O)c1ccc(Oc2ccccc2)cc1CN(CC(=O)NCC(=O)O)S(=O)(=O)c1ccc(C)cc1. The first-order valence-corrected chi connectivity index (χ1v) is 12.5. The van der Waals surface area contributed by atoms with E-state index in [1.807, 2.05) is 6.07 Å². The highest BCUT2D eigenvalue weighted by atomic mass is 32.2. The van der Waals surface area contributed by atoms with E-state index < -0.39 is 47.5 Å². The van der Waals surface area contributed by atoms with Crippen LogP contribution >= 0.6 is 0 Å². The standard InChI is InChI=1S/C26H26N2O8S/c1-18-8-11-22(12-9-18)37(33,34)28(17-24(29)27-15-25(30)31)16-19-14-21(10-13-23(19)26(32)35-2)36-20-6-4-3-5-7-20/h3-14H,15-17H2,1-2H3,(H,27,29)(H,30,31). The number of carbonyl (C=O) groups is 3. The van der Waals surface area contributed by atoms with Crippen molar-refractivity contribution in [2.24, 2.45) is 0 Å². The van der Waals surface area contributed by atoms with E-state index >= 15 is 0 Å². The number of esters is 1. The molecular weight excluding hydrogens is 500 g/mol. The topological polar surface area (TPSA) is 139 Å². The van der Waals surface area contributed by atoms with Gasteiger partial charge in [0.05, 0.1) is 24.1 Å². The van der Waals surface area contributed by atoms with Crippen LogP contribution in [0.3, 0.4) is 0 Å². The number of benzene rings is 3. The summed E-state index contributed by atoms with van der Waals surface area (Å²) in [5, 5.41) is 11.0. The summed E-state index contributed by atoms with van der Waals surface area (Å²) in [5.41, 5.74) is 1.14. The lowest BCUT2D eigenvalue weighted by molar-refractivity contribution is -0.137. The van der Waals surface area contributed by atoms with Crippen molar-refractivity contribution in [2.75, 3.05) is 20.2 Å². The largest absolute Gasteiger partial charge is 0.480 e. The maximum absolute atomic E-state index is 13.5. The average molecular weight is 527 g/mol. The van der Waals surface area contributed by atoms with Crippen molar-refractivity contribution in [3.63, 3.8) is 0 Å². The van der Waals surface area contributed by atoms with Crippen LogP contribution in [0.4, 0.5) is 0 Å². The second kappa shape index (κ2) is 12.2. The lowest BCUT2D eigenvalue weighted by Gasteiger charge is -2.23. The normalized spacial score (nSPS) is 11.1. The molecule has 10 nitrogen and oxygen atoms in total. The van der Waals surface area contributed by atoms with Crippen LogP contribution in [0.2, 0.25) is 0 Å². The number of carbonyl (C=O) groups excluding carboxylic acids is 2.